The molecule has 2 aromatic rings. The van der Waals surface area contributed by atoms with Gasteiger partial charge in [-0.3, -0.25) is 14.5 Å². The van der Waals surface area contributed by atoms with E-state index in [4.69, 9.17) is 4.74 Å². The van der Waals surface area contributed by atoms with Crippen molar-refractivity contribution < 1.29 is 14.3 Å². The Kier molecular flexibility index (Phi) is 7.79. The Morgan fingerprint density at radius 3 is 2.28 bits per heavy atom. The van der Waals surface area contributed by atoms with E-state index in [1.54, 1.807) is 31.0 Å². The Bertz CT molecular complexity index is 856. The molecule has 2 rings (SSSR count). The third-order valence-corrected chi connectivity index (χ3v) is 4.74. The Labute approximate surface area is 173 Å². The molecule has 0 atom stereocenters. The second-order valence-corrected chi connectivity index (χ2v) is 7.60. The molecule has 0 saturated carbocycles. The quantitative estimate of drug-likeness (QED) is 0.743. The summed E-state index contributed by atoms with van der Waals surface area (Å²) >= 11 is 0. The van der Waals surface area contributed by atoms with Crippen LogP contribution in [0.4, 0.5) is 5.69 Å². The fraction of sp³-hybridized carbons (Fsp3) is 0.391. The lowest BCUT2D eigenvalue weighted by atomic mass is 10.1. The van der Waals surface area contributed by atoms with Crippen LogP contribution in [0.25, 0.3) is 0 Å². The van der Waals surface area contributed by atoms with E-state index in [-0.39, 0.29) is 24.9 Å². The summed E-state index contributed by atoms with van der Waals surface area (Å²) in [6.45, 7) is 6.79. The number of amides is 2. The first-order valence-corrected chi connectivity index (χ1v) is 9.62. The Morgan fingerprint density at radius 2 is 1.66 bits per heavy atom. The molecule has 0 fully saturated rings. The molecule has 2 aromatic carbocycles. The highest BCUT2D eigenvalue weighted by Gasteiger charge is 2.16. The number of methoxy groups -OCH3 is 1. The van der Waals surface area contributed by atoms with Crippen molar-refractivity contribution in [1.82, 2.24) is 9.80 Å². The van der Waals surface area contributed by atoms with Gasteiger partial charge in [0.25, 0.3) is 0 Å². The summed E-state index contributed by atoms with van der Waals surface area (Å²) in [7, 11) is 5.15. The Balaban J connectivity index is 1.88. The van der Waals surface area contributed by atoms with E-state index in [0.29, 0.717) is 6.54 Å². The van der Waals surface area contributed by atoms with Crippen molar-refractivity contribution in [3.63, 3.8) is 0 Å². The van der Waals surface area contributed by atoms with Gasteiger partial charge in [-0.25, -0.2) is 0 Å². The average molecular weight is 398 g/mol. The number of anilines is 1. The van der Waals surface area contributed by atoms with Gasteiger partial charge in [0.05, 0.1) is 20.2 Å². The second kappa shape index (κ2) is 10.1. The summed E-state index contributed by atoms with van der Waals surface area (Å²) in [5.41, 5.74) is 5.07. The van der Waals surface area contributed by atoms with E-state index in [1.807, 2.05) is 57.2 Å². The number of likely N-dealkylation sites (N-methyl/N-ethyl adjacent to an activating group) is 2. The lowest BCUT2D eigenvalue weighted by Gasteiger charge is -2.22. The molecule has 0 spiro atoms. The summed E-state index contributed by atoms with van der Waals surface area (Å²) in [6.07, 6.45) is 0. The lowest BCUT2D eigenvalue weighted by molar-refractivity contribution is -0.131. The van der Waals surface area contributed by atoms with Crippen molar-refractivity contribution in [1.29, 1.82) is 0 Å². The molecular weight excluding hydrogens is 366 g/mol. The van der Waals surface area contributed by atoms with E-state index < -0.39 is 0 Å². The first kappa shape index (κ1) is 22.4. The number of nitrogens with zero attached hydrogens (tertiary/aromatic N) is 2. The maximum atomic E-state index is 12.5. The van der Waals surface area contributed by atoms with Crippen LogP contribution >= 0.6 is 0 Å². The van der Waals surface area contributed by atoms with Gasteiger partial charge in [-0.05, 0) is 56.6 Å². The van der Waals surface area contributed by atoms with Crippen molar-refractivity contribution in [3.8, 4) is 5.75 Å². The summed E-state index contributed by atoms with van der Waals surface area (Å²) in [4.78, 5) is 28.3. The number of rotatable bonds is 8. The molecule has 0 aliphatic heterocycles. The van der Waals surface area contributed by atoms with Gasteiger partial charge in [-0.15, -0.1) is 0 Å². The third kappa shape index (κ3) is 6.61. The highest BCUT2D eigenvalue weighted by Crippen LogP contribution is 2.21. The predicted octanol–water partition coefficient (Wildman–Crippen LogP) is 3.15. The Hall–Kier alpha value is -2.86. The molecule has 0 aromatic heterocycles. The molecule has 0 bridgehead atoms. The van der Waals surface area contributed by atoms with Crippen LogP contribution in [0.1, 0.15) is 22.3 Å². The number of hydrogen-bond donors (Lipinski definition) is 1. The molecule has 0 aliphatic rings. The summed E-state index contributed by atoms with van der Waals surface area (Å²) in [6, 6.07) is 11.7. The van der Waals surface area contributed by atoms with E-state index in [1.165, 1.54) is 5.56 Å². The number of nitrogens with one attached hydrogen (secondary N) is 1. The number of carbonyl (C=O) groups is 2. The molecule has 156 valence electrons. The molecule has 0 heterocycles. The monoisotopic (exact) mass is 397 g/mol. The zero-order chi connectivity index (χ0) is 21.6. The number of benzene rings is 2. The molecule has 6 nitrogen and oxygen atoms in total. The van der Waals surface area contributed by atoms with Gasteiger partial charge in [0.15, 0.2) is 0 Å². The number of ether oxygens (including phenoxy) is 1. The topological polar surface area (TPSA) is 61.9 Å². The average Bonchev–Trinajstić information content (AvgIpc) is 2.64. The molecule has 6 heteroatoms. The molecular formula is C23H31N3O3. The van der Waals surface area contributed by atoms with Gasteiger partial charge in [0, 0.05) is 19.3 Å². The largest absolute Gasteiger partial charge is 0.497 e. The van der Waals surface area contributed by atoms with Crippen molar-refractivity contribution in [2.75, 3.05) is 39.6 Å². The maximum Gasteiger partial charge on any atom is 0.238 e. The highest BCUT2D eigenvalue weighted by atomic mass is 16.5. The normalized spacial score (nSPS) is 10.7. The van der Waals surface area contributed by atoms with Crippen LogP contribution in [0.15, 0.2) is 36.4 Å². The minimum atomic E-state index is -0.134. The van der Waals surface area contributed by atoms with Gasteiger partial charge in [-0.2, -0.15) is 0 Å². The highest BCUT2D eigenvalue weighted by molar-refractivity contribution is 5.94. The number of aryl methyl sites for hydroxylation is 3. The van der Waals surface area contributed by atoms with Crippen LogP contribution in [0.2, 0.25) is 0 Å². The summed E-state index contributed by atoms with van der Waals surface area (Å²) in [5.74, 6) is 0.579. The number of hydrogen-bond acceptors (Lipinski definition) is 4. The van der Waals surface area contributed by atoms with Crippen molar-refractivity contribution >= 4 is 17.5 Å². The van der Waals surface area contributed by atoms with E-state index >= 15 is 0 Å². The fourth-order valence-corrected chi connectivity index (χ4v) is 3.34. The number of carbonyl (C=O) groups excluding carboxylic acids is 2. The zero-order valence-corrected chi connectivity index (χ0v) is 18.2. The molecule has 29 heavy (non-hydrogen) atoms. The van der Waals surface area contributed by atoms with Crippen LogP contribution in [0.5, 0.6) is 5.75 Å². The molecule has 0 saturated heterocycles. The maximum absolute atomic E-state index is 12.5. The van der Waals surface area contributed by atoms with Crippen molar-refractivity contribution in [2.24, 2.45) is 0 Å². The fourth-order valence-electron chi connectivity index (χ4n) is 3.34. The van der Waals surface area contributed by atoms with Gasteiger partial charge < -0.3 is 15.0 Å². The standard InChI is InChI=1S/C23H31N3O3/c1-16-10-17(2)23(18(3)11-16)24-21(27)14-25(4)15-22(28)26(5)13-19-8-7-9-20(12-19)29-6/h7-12H,13-15H2,1-6H3,(H,24,27). The van der Waals surface area contributed by atoms with Crippen LogP contribution in [0, 0.1) is 20.8 Å². The predicted molar refractivity (Wildman–Crippen MR) is 116 cm³/mol. The van der Waals surface area contributed by atoms with Crippen LogP contribution in [0.3, 0.4) is 0 Å². The minimum Gasteiger partial charge on any atom is -0.497 e. The SMILES string of the molecule is COc1cccc(CN(C)C(=O)CN(C)CC(=O)Nc2c(C)cc(C)cc2C)c1. The lowest BCUT2D eigenvalue weighted by Crippen LogP contribution is -2.39. The van der Waals surface area contributed by atoms with E-state index in [0.717, 1.165) is 28.1 Å². The van der Waals surface area contributed by atoms with E-state index in [2.05, 4.69) is 5.32 Å². The van der Waals surface area contributed by atoms with Crippen molar-refractivity contribution in [3.05, 3.63) is 58.7 Å². The van der Waals surface area contributed by atoms with Gasteiger partial charge >= 0.3 is 0 Å². The van der Waals surface area contributed by atoms with Gasteiger partial charge in [0.1, 0.15) is 5.75 Å². The van der Waals surface area contributed by atoms with Gasteiger partial charge in [0.2, 0.25) is 11.8 Å². The molecule has 2 amide bonds. The zero-order valence-electron chi connectivity index (χ0n) is 18.2. The second-order valence-electron chi connectivity index (χ2n) is 7.60. The summed E-state index contributed by atoms with van der Waals surface area (Å²) in [5, 5.41) is 2.97. The first-order chi connectivity index (χ1) is 13.7. The van der Waals surface area contributed by atoms with Gasteiger partial charge in [-0.1, -0.05) is 29.8 Å². The third-order valence-electron chi connectivity index (χ3n) is 4.74. The molecule has 1 N–H and O–H groups in total. The Morgan fingerprint density at radius 1 is 1.00 bits per heavy atom. The molecule has 0 aliphatic carbocycles. The molecule has 0 radical (unpaired) electrons. The van der Waals surface area contributed by atoms with Crippen molar-refractivity contribution in [2.45, 2.75) is 27.3 Å². The first-order valence-electron chi connectivity index (χ1n) is 9.62. The smallest absolute Gasteiger partial charge is 0.238 e. The van der Waals surface area contributed by atoms with E-state index in [9.17, 15) is 9.59 Å². The minimum absolute atomic E-state index is 0.0502. The van der Waals surface area contributed by atoms with Crippen LogP contribution in [-0.4, -0.2) is 55.9 Å². The van der Waals surface area contributed by atoms with Crippen LogP contribution in [-0.2, 0) is 16.1 Å². The molecule has 0 unspecified atom stereocenters. The summed E-state index contributed by atoms with van der Waals surface area (Å²) < 4.78 is 5.22. The van der Waals surface area contributed by atoms with Crippen LogP contribution < -0.4 is 10.1 Å².